The minimum atomic E-state index is -0.226. The van der Waals surface area contributed by atoms with Gasteiger partial charge in [0.25, 0.3) is 5.91 Å². The number of nitrogens with zero attached hydrogens (tertiary/aromatic N) is 2. The Balaban J connectivity index is 1.88. The van der Waals surface area contributed by atoms with Crippen LogP contribution in [0, 0.1) is 0 Å². The van der Waals surface area contributed by atoms with E-state index in [0.29, 0.717) is 18.1 Å². The molecule has 0 radical (unpaired) electrons. The summed E-state index contributed by atoms with van der Waals surface area (Å²) in [6.07, 6.45) is 0.624. The van der Waals surface area contributed by atoms with Crippen LogP contribution in [0.15, 0.2) is 18.2 Å². The number of aromatic hydroxyl groups is 1. The van der Waals surface area contributed by atoms with Crippen LogP contribution in [0.5, 0.6) is 5.75 Å². The lowest BCUT2D eigenvalue weighted by Crippen LogP contribution is -2.42. The highest BCUT2D eigenvalue weighted by atomic mass is 32.1. The lowest BCUT2D eigenvalue weighted by molar-refractivity contribution is -0.128. The van der Waals surface area contributed by atoms with Crippen LogP contribution in [-0.2, 0) is 11.2 Å². The lowest BCUT2D eigenvalue weighted by Gasteiger charge is -2.34. The molecule has 2 aromatic rings. The molecule has 0 aliphatic carbocycles. The quantitative estimate of drug-likeness (QED) is 0.793. The van der Waals surface area contributed by atoms with Crippen LogP contribution in [0.2, 0.25) is 0 Å². The van der Waals surface area contributed by atoms with Gasteiger partial charge >= 0.3 is 0 Å². The molecule has 1 aromatic heterocycles. The molecule has 1 amide bonds. The number of fused-ring (bicyclic) bond motifs is 4. The van der Waals surface area contributed by atoms with Gasteiger partial charge in [0, 0.05) is 29.6 Å². The fraction of sp³-hybridized carbons (Fsp3) is 0.375. The number of hydrogen-bond donors (Lipinski definition) is 2. The van der Waals surface area contributed by atoms with Crippen molar-refractivity contribution in [3.8, 4) is 5.75 Å². The molecule has 0 spiro atoms. The second-order valence-electron chi connectivity index (χ2n) is 5.92. The maximum Gasteiger partial charge on any atom is 0.251 e. The average molecular weight is 315 g/mol. The Morgan fingerprint density at radius 3 is 2.95 bits per heavy atom. The number of phenols is 1. The molecule has 0 bridgehead atoms. The number of carbonyl (C=O) groups is 1. The van der Waals surface area contributed by atoms with Gasteiger partial charge in [0.05, 0.1) is 6.04 Å². The van der Waals surface area contributed by atoms with Crippen LogP contribution in [0.25, 0.3) is 10.9 Å². The zero-order valence-corrected chi connectivity index (χ0v) is 13.3. The summed E-state index contributed by atoms with van der Waals surface area (Å²) in [6.45, 7) is 4.62. The van der Waals surface area contributed by atoms with E-state index in [0.717, 1.165) is 22.2 Å². The van der Waals surface area contributed by atoms with Crippen molar-refractivity contribution in [1.82, 2.24) is 14.8 Å². The summed E-state index contributed by atoms with van der Waals surface area (Å²) in [5.41, 5.74) is 3.19. The molecule has 1 saturated heterocycles. The first-order chi connectivity index (χ1) is 10.5. The van der Waals surface area contributed by atoms with Crippen LogP contribution in [-0.4, -0.2) is 43.5 Å². The number of phenolic OH excluding ortho intramolecular Hbond substituents is 1. The monoisotopic (exact) mass is 315 g/mol. The van der Waals surface area contributed by atoms with E-state index in [1.165, 1.54) is 0 Å². The fourth-order valence-corrected chi connectivity index (χ4v) is 4.25. The van der Waals surface area contributed by atoms with Gasteiger partial charge in [-0.1, -0.05) is 0 Å². The fourth-order valence-electron chi connectivity index (χ4n) is 3.74. The molecular weight excluding hydrogens is 298 g/mol. The predicted molar refractivity (Wildman–Crippen MR) is 87.7 cm³/mol. The van der Waals surface area contributed by atoms with E-state index in [-0.39, 0.29) is 23.7 Å². The predicted octanol–water partition coefficient (Wildman–Crippen LogP) is 2.31. The number of aromatic nitrogens is 1. The zero-order chi connectivity index (χ0) is 15.6. The molecular formula is C16H17N3O2S. The molecule has 2 aliphatic rings. The number of rotatable bonds is 1. The van der Waals surface area contributed by atoms with Crippen molar-refractivity contribution in [3.63, 3.8) is 0 Å². The highest BCUT2D eigenvalue weighted by Crippen LogP contribution is 2.41. The van der Waals surface area contributed by atoms with E-state index >= 15 is 0 Å². The smallest absolute Gasteiger partial charge is 0.251 e. The summed E-state index contributed by atoms with van der Waals surface area (Å²) in [5, 5.41) is 11.4. The average Bonchev–Trinajstić information content (AvgIpc) is 2.96. The van der Waals surface area contributed by atoms with Gasteiger partial charge in [0.15, 0.2) is 5.11 Å². The second kappa shape index (κ2) is 4.46. The van der Waals surface area contributed by atoms with E-state index in [1.54, 1.807) is 17.0 Å². The van der Waals surface area contributed by atoms with Gasteiger partial charge in [-0.2, -0.15) is 0 Å². The van der Waals surface area contributed by atoms with E-state index in [4.69, 9.17) is 12.2 Å². The first-order valence-electron chi connectivity index (χ1n) is 7.50. The number of benzene rings is 1. The van der Waals surface area contributed by atoms with Crippen molar-refractivity contribution in [1.29, 1.82) is 0 Å². The number of nitrogens with one attached hydrogen (secondary N) is 1. The highest BCUT2D eigenvalue weighted by molar-refractivity contribution is 7.80. The van der Waals surface area contributed by atoms with Gasteiger partial charge in [-0.15, -0.1) is 0 Å². The Kier molecular flexibility index (Phi) is 2.75. The van der Waals surface area contributed by atoms with Gasteiger partial charge in [0.1, 0.15) is 11.8 Å². The number of hydrogen-bond acceptors (Lipinski definition) is 3. The molecule has 5 nitrogen and oxygen atoms in total. The van der Waals surface area contributed by atoms with Crippen LogP contribution in [0.4, 0.5) is 0 Å². The summed E-state index contributed by atoms with van der Waals surface area (Å²) in [5.74, 6) is 0.326. The Morgan fingerprint density at radius 2 is 2.23 bits per heavy atom. The summed E-state index contributed by atoms with van der Waals surface area (Å²) >= 11 is 5.50. The molecule has 2 atom stereocenters. The third-order valence-corrected chi connectivity index (χ3v) is 5.24. The molecule has 0 saturated carbocycles. The molecule has 114 valence electrons. The van der Waals surface area contributed by atoms with Crippen molar-refractivity contribution < 1.29 is 9.90 Å². The van der Waals surface area contributed by atoms with E-state index in [1.807, 2.05) is 17.9 Å². The van der Waals surface area contributed by atoms with Gasteiger partial charge < -0.3 is 15.0 Å². The van der Waals surface area contributed by atoms with E-state index in [2.05, 4.69) is 11.9 Å². The normalized spacial score (nSPS) is 24.1. The third kappa shape index (κ3) is 1.58. The molecule has 22 heavy (non-hydrogen) atoms. The molecule has 2 N–H and O–H groups in total. The summed E-state index contributed by atoms with van der Waals surface area (Å²) < 4.78 is 0. The topological polar surface area (TPSA) is 59.6 Å². The van der Waals surface area contributed by atoms with Crippen LogP contribution >= 0.6 is 12.2 Å². The largest absolute Gasteiger partial charge is 0.508 e. The summed E-state index contributed by atoms with van der Waals surface area (Å²) in [6, 6.07) is 5.11. The van der Waals surface area contributed by atoms with Crippen LogP contribution in [0.3, 0.4) is 0 Å². The van der Waals surface area contributed by atoms with Crippen molar-refractivity contribution in [2.45, 2.75) is 32.4 Å². The van der Waals surface area contributed by atoms with Crippen molar-refractivity contribution >= 4 is 34.1 Å². The highest BCUT2D eigenvalue weighted by Gasteiger charge is 2.48. The van der Waals surface area contributed by atoms with Gasteiger partial charge in [-0.25, -0.2) is 0 Å². The molecule has 0 unspecified atom stereocenters. The summed E-state index contributed by atoms with van der Waals surface area (Å²) in [7, 11) is 0. The second-order valence-corrected chi connectivity index (χ2v) is 6.28. The summed E-state index contributed by atoms with van der Waals surface area (Å²) in [4.78, 5) is 19.8. The van der Waals surface area contributed by atoms with E-state index in [9.17, 15) is 9.90 Å². The maximum absolute atomic E-state index is 12.6. The molecule has 6 heteroatoms. The molecule has 4 rings (SSSR count). The van der Waals surface area contributed by atoms with Crippen molar-refractivity contribution in [2.75, 3.05) is 6.54 Å². The first kappa shape index (κ1) is 13.6. The van der Waals surface area contributed by atoms with E-state index < -0.39 is 0 Å². The maximum atomic E-state index is 12.6. The number of amides is 1. The van der Waals surface area contributed by atoms with Gasteiger partial charge in [-0.05, 0) is 49.8 Å². The van der Waals surface area contributed by atoms with Gasteiger partial charge in [-0.3, -0.25) is 9.69 Å². The zero-order valence-electron chi connectivity index (χ0n) is 12.5. The van der Waals surface area contributed by atoms with Crippen molar-refractivity contribution in [3.05, 3.63) is 29.5 Å². The molecule has 1 fully saturated rings. The molecule has 2 aliphatic heterocycles. The lowest BCUT2D eigenvalue weighted by atomic mass is 9.93. The number of likely N-dealkylation sites (N-methyl/N-ethyl adjacent to an activating group) is 1. The standard InChI is InChI=1S/C16H17N3O2S/c1-3-18-15(21)13-7-11-10-6-9(20)4-5-12(10)17-14(11)8(2)19(13)16(18)22/h4-6,8,13,17,20H,3,7H2,1-2H3/t8-,13+/m0/s1. The van der Waals surface area contributed by atoms with Gasteiger partial charge in [0.2, 0.25) is 0 Å². The first-order valence-corrected chi connectivity index (χ1v) is 7.91. The number of aromatic amines is 1. The Morgan fingerprint density at radius 1 is 1.45 bits per heavy atom. The number of carbonyl (C=O) groups excluding carboxylic acids is 1. The Labute approximate surface area is 133 Å². The Bertz CT molecular complexity index is 813. The minimum Gasteiger partial charge on any atom is -0.508 e. The minimum absolute atomic E-state index is 0.0243. The number of H-pyrrole nitrogens is 1. The molecule has 3 heterocycles. The Hall–Kier alpha value is -2.08. The van der Waals surface area contributed by atoms with Crippen molar-refractivity contribution in [2.24, 2.45) is 0 Å². The SMILES string of the molecule is CCN1C(=O)[C@H]2Cc3c([nH]c4ccc(O)cc34)[C@H](C)N2C1=S. The third-order valence-electron chi connectivity index (χ3n) is 4.81. The van der Waals surface area contributed by atoms with Crippen LogP contribution in [0.1, 0.15) is 31.1 Å². The molecule has 1 aromatic carbocycles. The number of thiocarbonyl (C=S) groups is 1. The van der Waals surface area contributed by atoms with Crippen LogP contribution < -0.4 is 0 Å².